The summed E-state index contributed by atoms with van der Waals surface area (Å²) in [5, 5.41) is 6.83. The number of carbonyl (C=O) groups is 2. The number of aromatic nitrogens is 2. The molecule has 2 amide bonds. The van der Waals surface area contributed by atoms with Crippen LogP contribution in [0.3, 0.4) is 0 Å². The van der Waals surface area contributed by atoms with Gasteiger partial charge in [0.15, 0.2) is 0 Å². The van der Waals surface area contributed by atoms with Gasteiger partial charge in [-0.05, 0) is 32.6 Å². The molecule has 0 aliphatic carbocycles. The van der Waals surface area contributed by atoms with Crippen molar-refractivity contribution in [1.82, 2.24) is 20.2 Å². The van der Waals surface area contributed by atoms with E-state index in [-0.39, 0.29) is 17.9 Å². The zero-order valence-corrected chi connectivity index (χ0v) is 16.2. The topological polar surface area (TPSA) is 75.2 Å². The number of hydrogen-bond acceptors (Lipinski definition) is 6. The van der Waals surface area contributed by atoms with E-state index in [1.807, 2.05) is 24.1 Å². The lowest BCUT2D eigenvalue weighted by atomic mass is 9.89. The molecule has 134 valence electrons. The van der Waals surface area contributed by atoms with Gasteiger partial charge in [0, 0.05) is 31.6 Å². The molecule has 1 aliphatic rings. The molecule has 6 nitrogen and oxygen atoms in total. The minimum absolute atomic E-state index is 0.0468. The maximum Gasteiger partial charge on any atom is 0.265 e. The van der Waals surface area contributed by atoms with E-state index in [1.165, 1.54) is 18.3 Å². The Balaban J connectivity index is 1.67. The van der Waals surface area contributed by atoms with Crippen LogP contribution in [0, 0.1) is 19.8 Å². The summed E-state index contributed by atoms with van der Waals surface area (Å²) in [6.45, 7) is 6.74. The Labute approximate surface area is 155 Å². The van der Waals surface area contributed by atoms with Gasteiger partial charge in [-0.25, -0.2) is 9.97 Å². The summed E-state index contributed by atoms with van der Waals surface area (Å²) in [7, 11) is 0. The van der Waals surface area contributed by atoms with Gasteiger partial charge in [-0.1, -0.05) is 0 Å². The summed E-state index contributed by atoms with van der Waals surface area (Å²) in [6, 6.07) is -0.0675. The smallest absolute Gasteiger partial charge is 0.265 e. The summed E-state index contributed by atoms with van der Waals surface area (Å²) in [6.07, 6.45) is 3.47. The molecule has 25 heavy (non-hydrogen) atoms. The Morgan fingerprint density at radius 2 is 2.04 bits per heavy atom. The van der Waals surface area contributed by atoms with Crippen molar-refractivity contribution in [1.29, 1.82) is 0 Å². The summed E-state index contributed by atoms with van der Waals surface area (Å²) in [5.74, 6) is 0.324. The number of rotatable bonds is 4. The molecular weight excluding hydrogens is 356 g/mol. The fraction of sp³-hybridized carbons (Fsp3) is 0.529. The number of piperidine rings is 1. The predicted molar refractivity (Wildman–Crippen MR) is 98.9 cm³/mol. The summed E-state index contributed by atoms with van der Waals surface area (Å²) >= 11 is 3.02. The third-order valence-electron chi connectivity index (χ3n) is 4.47. The third kappa shape index (κ3) is 4.07. The minimum Gasteiger partial charge on any atom is -0.347 e. The zero-order chi connectivity index (χ0) is 18.0. The molecular formula is C17H22N4O2S2. The molecule has 1 fully saturated rings. The Morgan fingerprint density at radius 3 is 2.56 bits per heavy atom. The number of carbonyl (C=O) groups excluding carboxylic acids is 2. The highest BCUT2D eigenvalue weighted by Crippen LogP contribution is 2.33. The van der Waals surface area contributed by atoms with Crippen LogP contribution in [0.25, 0.3) is 0 Å². The number of hydrogen-bond donors (Lipinski definition) is 1. The summed E-state index contributed by atoms with van der Waals surface area (Å²) in [4.78, 5) is 35.7. The number of amides is 2. The highest BCUT2D eigenvalue weighted by molar-refractivity contribution is 7.13. The van der Waals surface area contributed by atoms with Crippen LogP contribution in [-0.4, -0.2) is 39.8 Å². The van der Waals surface area contributed by atoms with Crippen molar-refractivity contribution >= 4 is 34.5 Å². The van der Waals surface area contributed by atoms with Crippen molar-refractivity contribution in [2.24, 2.45) is 5.92 Å². The second-order valence-corrected chi connectivity index (χ2v) is 8.45. The van der Waals surface area contributed by atoms with E-state index >= 15 is 0 Å². The van der Waals surface area contributed by atoms with Crippen molar-refractivity contribution < 1.29 is 9.59 Å². The molecule has 1 atom stereocenters. The molecule has 0 aromatic carbocycles. The van der Waals surface area contributed by atoms with Crippen LogP contribution in [0.5, 0.6) is 0 Å². The molecule has 1 unspecified atom stereocenters. The summed E-state index contributed by atoms with van der Waals surface area (Å²) in [5.41, 5.74) is 0.813. The van der Waals surface area contributed by atoms with Crippen molar-refractivity contribution in [3.8, 4) is 0 Å². The van der Waals surface area contributed by atoms with Crippen LogP contribution >= 0.6 is 22.7 Å². The molecule has 8 heteroatoms. The van der Waals surface area contributed by atoms with Crippen LogP contribution < -0.4 is 5.32 Å². The standard InChI is InChI=1S/C17H22N4O2S2/c1-10-15(25-12(3)19-10)17(23)21-7-4-13(5-8-21)14(20-11(2)22)16-18-6-9-24-16/h6,9,13-14H,4-5,7-8H2,1-3H3,(H,20,22). The van der Waals surface area contributed by atoms with Crippen LogP contribution in [0.1, 0.15) is 51.2 Å². The number of nitrogens with one attached hydrogen (secondary N) is 1. The first-order chi connectivity index (χ1) is 12.0. The van der Waals surface area contributed by atoms with Gasteiger partial charge in [0.2, 0.25) is 5.91 Å². The van der Waals surface area contributed by atoms with E-state index in [0.29, 0.717) is 19.0 Å². The van der Waals surface area contributed by atoms with Crippen molar-refractivity contribution in [3.63, 3.8) is 0 Å². The Hall–Kier alpha value is -1.80. The molecule has 1 saturated heterocycles. The number of nitrogens with zero attached hydrogens (tertiary/aromatic N) is 3. The fourth-order valence-electron chi connectivity index (χ4n) is 3.30. The zero-order valence-electron chi connectivity index (χ0n) is 14.6. The summed E-state index contributed by atoms with van der Waals surface area (Å²) < 4.78 is 0. The van der Waals surface area contributed by atoms with Crippen molar-refractivity contribution in [2.45, 2.75) is 39.7 Å². The Morgan fingerprint density at radius 1 is 1.32 bits per heavy atom. The van der Waals surface area contributed by atoms with Crippen LogP contribution in [-0.2, 0) is 4.79 Å². The van der Waals surface area contributed by atoms with Gasteiger partial charge in [-0.15, -0.1) is 22.7 Å². The highest BCUT2D eigenvalue weighted by Gasteiger charge is 2.32. The maximum absolute atomic E-state index is 12.7. The third-order valence-corrected chi connectivity index (χ3v) is 6.39. The van der Waals surface area contributed by atoms with Gasteiger partial charge < -0.3 is 10.2 Å². The van der Waals surface area contributed by atoms with Crippen molar-refractivity contribution in [3.05, 3.63) is 32.2 Å². The first kappa shape index (κ1) is 18.0. The molecule has 3 heterocycles. The largest absolute Gasteiger partial charge is 0.347 e. The molecule has 3 rings (SSSR count). The lowest BCUT2D eigenvalue weighted by Crippen LogP contribution is -2.42. The van der Waals surface area contributed by atoms with Gasteiger partial charge in [0.25, 0.3) is 5.91 Å². The fourth-order valence-corrected chi connectivity index (χ4v) is 4.97. The van der Waals surface area contributed by atoms with Crippen LogP contribution in [0.15, 0.2) is 11.6 Å². The second kappa shape index (κ2) is 7.61. The van der Waals surface area contributed by atoms with E-state index < -0.39 is 0 Å². The average Bonchev–Trinajstić information content (AvgIpc) is 3.21. The normalized spacial score (nSPS) is 16.7. The lowest BCUT2D eigenvalue weighted by Gasteiger charge is -2.35. The number of thiazole rings is 2. The minimum atomic E-state index is -0.0675. The van der Waals surface area contributed by atoms with E-state index in [9.17, 15) is 9.59 Å². The monoisotopic (exact) mass is 378 g/mol. The molecule has 0 saturated carbocycles. The Kier molecular flexibility index (Phi) is 5.48. The molecule has 0 spiro atoms. The second-order valence-electron chi connectivity index (χ2n) is 6.33. The number of likely N-dealkylation sites (tertiary alicyclic amines) is 1. The van der Waals surface area contributed by atoms with Gasteiger partial charge in [0.05, 0.1) is 16.7 Å². The number of aryl methyl sites for hydroxylation is 2. The Bertz CT molecular complexity index is 749. The quantitative estimate of drug-likeness (QED) is 0.887. The van der Waals surface area contributed by atoms with Gasteiger partial charge >= 0.3 is 0 Å². The van der Waals surface area contributed by atoms with E-state index in [0.717, 1.165) is 33.4 Å². The van der Waals surface area contributed by atoms with Crippen LogP contribution in [0.2, 0.25) is 0 Å². The van der Waals surface area contributed by atoms with Gasteiger partial charge in [0.1, 0.15) is 9.88 Å². The molecule has 2 aromatic heterocycles. The van der Waals surface area contributed by atoms with E-state index in [1.54, 1.807) is 17.5 Å². The van der Waals surface area contributed by atoms with Gasteiger partial charge in [-0.2, -0.15) is 0 Å². The predicted octanol–water partition coefficient (Wildman–Crippen LogP) is 2.95. The molecule has 0 radical (unpaired) electrons. The molecule has 2 aromatic rings. The van der Waals surface area contributed by atoms with E-state index in [4.69, 9.17) is 0 Å². The van der Waals surface area contributed by atoms with Gasteiger partial charge in [-0.3, -0.25) is 9.59 Å². The maximum atomic E-state index is 12.7. The van der Waals surface area contributed by atoms with Crippen LogP contribution in [0.4, 0.5) is 0 Å². The first-order valence-electron chi connectivity index (χ1n) is 8.35. The average molecular weight is 379 g/mol. The van der Waals surface area contributed by atoms with E-state index in [2.05, 4.69) is 15.3 Å². The molecule has 0 bridgehead atoms. The van der Waals surface area contributed by atoms with Crippen molar-refractivity contribution in [2.75, 3.05) is 13.1 Å². The highest BCUT2D eigenvalue weighted by atomic mass is 32.1. The molecule has 1 aliphatic heterocycles. The SMILES string of the molecule is CC(=O)NC(c1nccs1)C1CCN(C(=O)c2sc(C)nc2C)CC1. The lowest BCUT2D eigenvalue weighted by molar-refractivity contribution is -0.120. The molecule has 1 N–H and O–H groups in total. The first-order valence-corrected chi connectivity index (χ1v) is 10.0.